The van der Waals surface area contributed by atoms with Gasteiger partial charge in [-0.1, -0.05) is 12.8 Å². The summed E-state index contributed by atoms with van der Waals surface area (Å²) >= 11 is 3.61. The molecule has 1 saturated carbocycles. The SMILES string of the molecule is O=C(Nc1nn(CCCC2CC2)c2nc(-c3ccc(OCOP(=O)(O)O)cc3)c(Br)cc12)c1cccnc1. The van der Waals surface area contributed by atoms with Crippen molar-refractivity contribution >= 4 is 46.5 Å². The molecule has 1 fully saturated rings. The quantitative estimate of drug-likeness (QED) is 0.157. The Labute approximate surface area is 226 Å². The molecule has 11 nitrogen and oxygen atoms in total. The van der Waals surface area contributed by atoms with Crippen molar-refractivity contribution in [1.29, 1.82) is 0 Å². The predicted octanol–water partition coefficient (Wildman–Crippen LogP) is 5.14. The van der Waals surface area contributed by atoms with Crippen LogP contribution < -0.4 is 10.1 Å². The van der Waals surface area contributed by atoms with E-state index in [-0.39, 0.29) is 5.91 Å². The number of hydrogen-bond donors (Lipinski definition) is 3. The van der Waals surface area contributed by atoms with Gasteiger partial charge in [-0.15, -0.1) is 0 Å². The second-order valence-corrected chi connectivity index (χ2v) is 11.0. The molecular formula is C25H25BrN5O6P. The fourth-order valence-corrected chi connectivity index (χ4v) is 4.74. The first kappa shape index (κ1) is 26.5. The van der Waals surface area contributed by atoms with Gasteiger partial charge in [0.1, 0.15) is 5.75 Å². The highest BCUT2D eigenvalue weighted by atomic mass is 79.9. The van der Waals surface area contributed by atoms with Crippen molar-refractivity contribution in [2.75, 3.05) is 12.1 Å². The number of phosphoric ester groups is 1. The van der Waals surface area contributed by atoms with E-state index >= 15 is 0 Å². The van der Waals surface area contributed by atoms with Gasteiger partial charge in [-0.25, -0.2) is 18.8 Å². The molecule has 1 amide bonds. The van der Waals surface area contributed by atoms with E-state index in [1.807, 2.05) is 10.7 Å². The lowest BCUT2D eigenvalue weighted by atomic mass is 10.1. The first-order chi connectivity index (χ1) is 18.3. The zero-order valence-electron chi connectivity index (χ0n) is 20.2. The maximum absolute atomic E-state index is 12.8. The Hall–Kier alpha value is -3.15. The molecule has 3 aromatic heterocycles. The highest BCUT2D eigenvalue weighted by Gasteiger charge is 2.22. The van der Waals surface area contributed by atoms with Crippen LogP contribution in [0.4, 0.5) is 5.82 Å². The fourth-order valence-electron chi connectivity index (χ4n) is 4.01. The lowest BCUT2D eigenvalue weighted by molar-refractivity contribution is 0.0829. The fraction of sp³-hybridized carbons (Fsp3) is 0.280. The summed E-state index contributed by atoms with van der Waals surface area (Å²) in [6, 6.07) is 12.2. The van der Waals surface area contributed by atoms with Crippen LogP contribution in [0.2, 0.25) is 0 Å². The van der Waals surface area contributed by atoms with Crippen LogP contribution in [-0.2, 0) is 15.6 Å². The Kier molecular flexibility index (Phi) is 7.87. The van der Waals surface area contributed by atoms with Crippen LogP contribution in [0.25, 0.3) is 22.3 Å². The minimum absolute atomic E-state index is 0.304. The first-order valence-corrected chi connectivity index (χ1v) is 14.3. The number of halogens is 1. The highest BCUT2D eigenvalue weighted by Crippen LogP contribution is 2.37. The molecular weight excluding hydrogens is 577 g/mol. The Morgan fingerprint density at radius 3 is 2.68 bits per heavy atom. The van der Waals surface area contributed by atoms with E-state index in [9.17, 15) is 9.36 Å². The Balaban J connectivity index is 1.42. The van der Waals surface area contributed by atoms with Gasteiger partial charge >= 0.3 is 7.82 Å². The molecule has 1 aliphatic rings. The van der Waals surface area contributed by atoms with E-state index in [0.29, 0.717) is 44.9 Å². The predicted molar refractivity (Wildman–Crippen MR) is 143 cm³/mol. The summed E-state index contributed by atoms with van der Waals surface area (Å²) in [7, 11) is -4.61. The average molecular weight is 602 g/mol. The number of nitrogens with zero attached hydrogens (tertiary/aromatic N) is 4. The molecule has 4 aromatic rings. The topological polar surface area (TPSA) is 149 Å². The number of amides is 1. The number of pyridine rings is 2. The Morgan fingerprint density at radius 1 is 1.21 bits per heavy atom. The summed E-state index contributed by atoms with van der Waals surface area (Å²) in [6.45, 7) is 0.0985. The van der Waals surface area contributed by atoms with Crippen LogP contribution in [-0.4, -0.2) is 42.2 Å². The number of phosphoric acid groups is 1. The summed E-state index contributed by atoms with van der Waals surface area (Å²) < 4.78 is 22.9. The molecule has 0 atom stereocenters. The summed E-state index contributed by atoms with van der Waals surface area (Å²) in [5.41, 5.74) is 2.54. The maximum atomic E-state index is 12.8. The monoisotopic (exact) mass is 601 g/mol. The Morgan fingerprint density at radius 2 is 2.00 bits per heavy atom. The van der Waals surface area contributed by atoms with Crippen molar-refractivity contribution in [2.45, 2.75) is 32.2 Å². The van der Waals surface area contributed by atoms with Crippen LogP contribution in [0, 0.1) is 5.92 Å². The largest absolute Gasteiger partial charge is 0.472 e. The van der Waals surface area contributed by atoms with Gasteiger partial charge in [0.2, 0.25) is 0 Å². The van der Waals surface area contributed by atoms with Crippen molar-refractivity contribution in [3.8, 4) is 17.0 Å². The molecule has 1 aromatic carbocycles. The third-order valence-corrected chi connectivity index (χ3v) is 7.13. The van der Waals surface area contributed by atoms with E-state index in [1.165, 1.54) is 19.0 Å². The van der Waals surface area contributed by atoms with E-state index < -0.39 is 14.6 Å². The minimum atomic E-state index is -4.61. The number of aryl methyl sites for hydroxylation is 1. The van der Waals surface area contributed by atoms with Crippen LogP contribution in [0.1, 0.15) is 36.0 Å². The molecule has 13 heteroatoms. The van der Waals surface area contributed by atoms with Crippen molar-refractivity contribution in [1.82, 2.24) is 19.7 Å². The summed E-state index contributed by atoms with van der Waals surface area (Å²) in [4.78, 5) is 39.3. The molecule has 0 aliphatic heterocycles. The molecule has 38 heavy (non-hydrogen) atoms. The molecule has 3 N–H and O–H groups in total. The molecule has 3 heterocycles. The van der Waals surface area contributed by atoms with Crippen molar-refractivity contribution in [3.63, 3.8) is 0 Å². The molecule has 0 radical (unpaired) electrons. The number of rotatable bonds is 11. The van der Waals surface area contributed by atoms with Gasteiger partial charge in [0.25, 0.3) is 5.91 Å². The number of aromatic nitrogens is 4. The van der Waals surface area contributed by atoms with E-state index in [2.05, 4.69) is 30.8 Å². The number of fused-ring (bicyclic) bond motifs is 1. The summed E-state index contributed by atoms with van der Waals surface area (Å²) in [5.74, 6) is 1.30. The van der Waals surface area contributed by atoms with E-state index in [4.69, 9.17) is 24.6 Å². The number of carbonyl (C=O) groups excluding carboxylic acids is 1. The zero-order chi connectivity index (χ0) is 26.7. The smallest absolute Gasteiger partial charge is 0.467 e. The van der Waals surface area contributed by atoms with Gasteiger partial charge in [-0.05, 0) is 77.2 Å². The molecule has 0 unspecified atom stereocenters. The molecule has 0 saturated heterocycles. The molecule has 1 aliphatic carbocycles. The third kappa shape index (κ3) is 6.64. The van der Waals surface area contributed by atoms with Crippen molar-refractivity contribution < 1.29 is 28.4 Å². The van der Waals surface area contributed by atoms with Crippen molar-refractivity contribution in [3.05, 3.63) is 64.9 Å². The summed E-state index contributed by atoms with van der Waals surface area (Å²) in [5, 5.41) is 8.31. The van der Waals surface area contributed by atoms with Crippen LogP contribution in [0.5, 0.6) is 5.75 Å². The van der Waals surface area contributed by atoms with Gasteiger partial charge in [0, 0.05) is 29.0 Å². The first-order valence-electron chi connectivity index (χ1n) is 12.0. The lowest BCUT2D eigenvalue weighted by Crippen LogP contribution is -2.13. The molecule has 0 bridgehead atoms. The minimum Gasteiger partial charge on any atom is -0.467 e. The number of ether oxygens (including phenoxy) is 1. The van der Waals surface area contributed by atoms with Gasteiger partial charge in [-0.3, -0.25) is 9.78 Å². The maximum Gasteiger partial charge on any atom is 0.472 e. The number of carbonyl (C=O) groups is 1. The summed E-state index contributed by atoms with van der Waals surface area (Å²) in [6.07, 6.45) is 7.78. The molecule has 5 rings (SSSR count). The van der Waals surface area contributed by atoms with E-state index in [1.54, 1.807) is 42.6 Å². The van der Waals surface area contributed by atoms with E-state index in [0.717, 1.165) is 24.3 Å². The standard InChI is InChI=1S/C25H25BrN5O6P/c26-21-13-20-23(29-25(32)18-4-1-11-27-14-18)30-31(12-2-3-16-5-6-16)24(20)28-22(21)17-7-9-19(10-8-17)36-15-37-38(33,34)35/h1,4,7-11,13-14,16H,2-3,5-6,12,15H2,(H,29,30,32)(H2,33,34,35). The average Bonchev–Trinajstić information content (AvgIpc) is 3.66. The lowest BCUT2D eigenvalue weighted by Gasteiger charge is -2.10. The second-order valence-electron chi connectivity index (χ2n) is 8.95. The van der Waals surface area contributed by atoms with Crippen LogP contribution >= 0.6 is 23.8 Å². The van der Waals surface area contributed by atoms with Gasteiger partial charge < -0.3 is 19.8 Å². The molecule has 198 valence electrons. The van der Waals surface area contributed by atoms with Gasteiger partial charge in [-0.2, -0.15) is 5.10 Å². The normalized spacial score (nSPS) is 13.6. The number of hydrogen-bond acceptors (Lipinski definition) is 7. The number of benzene rings is 1. The molecule has 0 spiro atoms. The van der Waals surface area contributed by atoms with Crippen LogP contribution in [0.3, 0.4) is 0 Å². The van der Waals surface area contributed by atoms with Crippen molar-refractivity contribution in [2.24, 2.45) is 5.92 Å². The van der Waals surface area contributed by atoms with Gasteiger partial charge in [0.15, 0.2) is 18.3 Å². The number of nitrogens with one attached hydrogen (secondary N) is 1. The van der Waals surface area contributed by atoms with Crippen LogP contribution in [0.15, 0.2) is 59.3 Å². The zero-order valence-corrected chi connectivity index (χ0v) is 22.6. The highest BCUT2D eigenvalue weighted by molar-refractivity contribution is 9.10. The second kappa shape index (κ2) is 11.3. The number of anilines is 1. The van der Waals surface area contributed by atoms with Gasteiger partial charge in [0.05, 0.1) is 16.6 Å². The Bertz CT molecular complexity index is 1490. The third-order valence-electron chi connectivity index (χ3n) is 6.09.